The Bertz CT molecular complexity index is 848. The van der Waals surface area contributed by atoms with Gasteiger partial charge in [-0.2, -0.15) is 0 Å². The molecular formula is C20H22N4O2. The summed E-state index contributed by atoms with van der Waals surface area (Å²) in [7, 11) is 0. The minimum atomic E-state index is -0.246. The van der Waals surface area contributed by atoms with Crippen LogP contribution in [0.2, 0.25) is 0 Å². The zero-order valence-electron chi connectivity index (χ0n) is 15.0. The Balaban J connectivity index is 1.76. The largest absolute Gasteiger partial charge is 0.467 e. The van der Waals surface area contributed by atoms with E-state index in [9.17, 15) is 4.79 Å². The third kappa shape index (κ3) is 4.47. The lowest BCUT2D eigenvalue weighted by Crippen LogP contribution is -2.27. The number of nitrogens with one attached hydrogen (secondary N) is 1. The van der Waals surface area contributed by atoms with Crippen molar-refractivity contribution in [1.29, 1.82) is 0 Å². The summed E-state index contributed by atoms with van der Waals surface area (Å²) in [6.07, 6.45) is 1.58. The molecule has 6 nitrogen and oxygen atoms in total. The van der Waals surface area contributed by atoms with E-state index in [4.69, 9.17) is 4.42 Å². The fraction of sp³-hybridized carbons (Fsp3) is 0.250. The zero-order valence-corrected chi connectivity index (χ0v) is 15.0. The van der Waals surface area contributed by atoms with E-state index >= 15 is 0 Å². The van der Waals surface area contributed by atoms with Crippen LogP contribution in [-0.4, -0.2) is 22.4 Å². The fourth-order valence-corrected chi connectivity index (χ4v) is 2.66. The molecule has 0 aliphatic rings. The molecule has 0 radical (unpaired) electrons. The second kappa shape index (κ2) is 8.29. The first-order valence-corrected chi connectivity index (χ1v) is 8.61. The molecule has 6 heteroatoms. The molecule has 0 saturated carbocycles. The highest BCUT2D eigenvalue weighted by molar-refractivity contribution is 5.92. The molecule has 3 rings (SSSR count). The molecule has 0 bridgehead atoms. The van der Waals surface area contributed by atoms with E-state index in [1.807, 2.05) is 24.3 Å². The Kier molecular flexibility index (Phi) is 5.63. The number of rotatable bonds is 7. The number of nitrogens with zero attached hydrogens (tertiary/aromatic N) is 3. The van der Waals surface area contributed by atoms with Gasteiger partial charge in [0.25, 0.3) is 5.91 Å². The van der Waals surface area contributed by atoms with Crippen LogP contribution in [0.1, 0.15) is 34.6 Å². The van der Waals surface area contributed by atoms with Crippen molar-refractivity contribution in [2.75, 3.05) is 11.4 Å². The molecule has 1 amide bonds. The van der Waals surface area contributed by atoms with Crippen LogP contribution < -0.4 is 10.2 Å². The molecule has 2 aromatic heterocycles. The van der Waals surface area contributed by atoms with Crippen LogP contribution in [0.15, 0.2) is 59.2 Å². The van der Waals surface area contributed by atoms with Gasteiger partial charge in [0.15, 0.2) is 0 Å². The highest BCUT2D eigenvalue weighted by Crippen LogP contribution is 2.16. The second-order valence-electron chi connectivity index (χ2n) is 5.92. The van der Waals surface area contributed by atoms with Crippen molar-refractivity contribution in [2.45, 2.75) is 26.9 Å². The maximum Gasteiger partial charge on any atom is 0.270 e. The molecule has 134 valence electrons. The summed E-state index contributed by atoms with van der Waals surface area (Å²) in [6.45, 7) is 5.69. The second-order valence-corrected chi connectivity index (χ2v) is 5.92. The summed E-state index contributed by atoms with van der Waals surface area (Å²) in [5.41, 5.74) is 1.54. The molecular weight excluding hydrogens is 328 g/mol. The average Bonchev–Trinajstić information content (AvgIpc) is 3.18. The normalized spacial score (nSPS) is 10.5. The van der Waals surface area contributed by atoms with Crippen molar-refractivity contribution in [1.82, 2.24) is 15.3 Å². The van der Waals surface area contributed by atoms with Gasteiger partial charge in [0.1, 0.15) is 23.1 Å². The number of hydrogen-bond donors (Lipinski definition) is 1. The summed E-state index contributed by atoms with van der Waals surface area (Å²) >= 11 is 0. The van der Waals surface area contributed by atoms with Gasteiger partial charge in [-0.05, 0) is 31.5 Å². The Morgan fingerprint density at radius 2 is 1.96 bits per heavy atom. The lowest BCUT2D eigenvalue weighted by Gasteiger charge is -2.22. The highest BCUT2D eigenvalue weighted by Gasteiger charge is 2.14. The van der Waals surface area contributed by atoms with Crippen molar-refractivity contribution in [3.05, 3.63) is 77.6 Å². The lowest BCUT2D eigenvalue weighted by molar-refractivity contribution is 0.0942. The number of hydrogen-bond acceptors (Lipinski definition) is 5. The number of aromatic nitrogens is 2. The quantitative estimate of drug-likeness (QED) is 0.708. The molecule has 26 heavy (non-hydrogen) atoms. The van der Waals surface area contributed by atoms with Crippen molar-refractivity contribution >= 4 is 11.7 Å². The van der Waals surface area contributed by atoms with Gasteiger partial charge in [0.2, 0.25) is 0 Å². The maximum atomic E-state index is 12.5. The van der Waals surface area contributed by atoms with Gasteiger partial charge >= 0.3 is 0 Å². The first-order valence-electron chi connectivity index (χ1n) is 8.61. The third-order valence-electron chi connectivity index (χ3n) is 3.98. The molecule has 3 aromatic rings. The standard InChI is InChI=1S/C20H22N4O2/c1-3-24(14-16-8-5-4-6-9-16)19-12-18(22-15(2)23-19)20(25)21-13-17-10-7-11-26-17/h4-12H,3,13-14H2,1-2H3,(H,21,25). The molecule has 0 spiro atoms. The van der Waals surface area contributed by atoms with E-state index in [1.54, 1.807) is 25.3 Å². The molecule has 1 aromatic carbocycles. The molecule has 0 atom stereocenters. The average molecular weight is 350 g/mol. The summed E-state index contributed by atoms with van der Waals surface area (Å²) in [5, 5.41) is 2.82. The predicted molar refractivity (Wildman–Crippen MR) is 99.8 cm³/mol. The van der Waals surface area contributed by atoms with E-state index in [1.165, 1.54) is 5.56 Å². The van der Waals surface area contributed by atoms with Gasteiger partial charge in [-0.25, -0.2) is 9.97 Å². The van der Waals surface area contributed by atoms with E-state index in [0.717, 1.165) is 18.9 Å². The summed E-state index contributed by atoms with van der Waals surface area (Å²) < 4.78 is 5.23. The SMILES string of the molecule is CCN(Cc1ccccc1)c1cc(C(=O)NCc2ccco2)nc(C)n1. The summed E-state index contributed by atoms with van der Waals surface area (Å²) in [4.78, 5) is 23.4. The van der Waals surface area contributed by atoms with Gasteiger partial charge in [-0.1, -0.05) is 30.3 Å². The van der Waals surface area contributed by atoms with Gasteiger partial charge in [-0.15, -0.1) is 0 Å². The Hall–Kier alpha value is -3.15. The van der Waals surface area contributed by atoms with Gasteiger partial charge in [-0.3, -0.25) is 4.79 Å². The van der Waals surface area contributed by atoms with Gasteiger partial charge in [0.05, 0.1) is 12.8 Å². The molecule has 2 heterocycles. The number of aryl methyl sites for hydroxylation is 1. The topological polar surface area (TPSA) is 71.3 Å². The number of benzene rings is 1. The lowest BCUT2D eigenvalue weighted by atomic mass is 10.2. The van der Waals surface area contributed by atoms with Crippen LogP contribution >= 0.6 is 0 Å². The van der Waals surface area contributed by atoms with Crippen LogP contribution in [-0.2, 0) is 13.1 Å². The molecule has 0 aliphatic heterocycles. The Labute approximate surface area is 152 Å². The summed E-state index contributed by atoms with van der Waals surface area (Å²) in [6, 6.07) is 15.5. The van der Waals surface area contributed by atoms with Crippen LogP contribution in [0, 0.1) is 6.92 Å². The summed E-state index contributed by atoms with van der Waals surface area (Å²) in [5.74, 6) is 1.76. The molecule has 0 aliphatic carbocycles. The minimum absolute atomic E-state index is 0.246. The minimum Gasteiger partial charge on any atom is -0.467 e. The number of carbonyl (C=O) groups excluding carboxylic acids is 1. The maximum absolute atomic E-state index is 12.5. The van der Waals surface area contributed by atoms with E-state index in [0.29, 0.717) is 23.8 Å². The van der Waals surface area contributed by atoms with Crippen LogP contribution in [0.5, 0.6) is 0 Å². The van der Waals surface area contributed by atoms with Crippen molar-refractivity contribution in [2.24, 2.45) is 0 Å². The van der Waals surface area contributed by atoms with Crippen LogP contribution in [0.25, 0.3) is 0 Å². The number of anilines is 1. The highest BCUT2D eigenvalue weighted by atomic mass is 16.3. The number of carbonyl (C=O) groups is 1. The van der Waals surface area contributed by atoms with Crippen molar-refractivity contribution in [3.63, 3.8) is 0 Å². The fourth-order valence-electron chi connectivity index (χ4n) is 2.66. The van der Waals surface area contributed by atoms with Gasteiger partial charge < -0.3 is 14.6 Å². The molecule has 0 unspecified atom stereocenters. The van der Waals surface area contributed by atoms with Gasteiger partial charge in [0, 0.05) is 19.2 Å². The zero-order chi connectivity index (χ0) is 18.4. The molecule has 0 saturated heterocycles. The van der Waals surface area contributed by atoms with E-state index in [-0.39, 0.29) is 5.91 Å². The van der Waals surface area contributed by atoms with Crippen molar-refractivity contribution < 1.29 is 9.21 Å². The smallest absolute Gasteiger partial charge is 0.270 e. The number of amides is 1. The van der Waals surface area contributed by atoms with Crippen LogP contribution in [0.3, 0.4) is 0 Å². The third-order valence-corrected chi connectivity index (χ3v) is 3.98. The Morgan fingerprint density at radius 1 is 1.15 bits per heavy atom. The van der Waals surface area contributed by atoms with Crippen LogP contribution in [0.4, 0.5) is 5.82 Å². The van der Waals surface area contributed by atoms with E-state index < -0.39 is 0 Å². The first-order chi connectivity index (χ1) is 12.7. The monoisotopic (exact) mass is 350 g/mol. The predicted octanol–water partition coefficient (Wildman–Crippen LogP) is 3.33. The molecule has 1 N–H and O–H groups in total. The first kappa shape index (κ1) is 17.7. The Morgan fingerprint density at radius 3 is 2.65 bits per heavy atom. The van der Waals surface area contributed by atoms with E-state index in [2.05, 4.69) is 39.2 Å². The number of furan rings is 1. The van der Waals surface area contributed by atoms with Crippen molar-refractivity contribution in [3.8, 4) is 0 Å². The molecule has 0 fully saturated rings.